The molecule has 1 atom stereocenters. The Morgan fingerprint density at radius 2 is 1.96 bits per heavy atom. The first kappa shape index (κ1) is 17.3. The van der Waals surface area contributed by atoms with Gasteiger partial charge in [-0.1, -0.05) is 64.5 Å². The first-order valence-corrected chi connectivity index (χ1v) is 9.18. The molecule has 134 valence electrons. The summed E-state index contributed by atoms with van der Waals surface area (Å²) >= 11 is 3.53. The van der Waals surface area contributed by atoms with E-state index in [4.69, 9.17) is 4.99 Å². The second kappa shape index (κ2) is 7.25. The molecule has 0 unspecified atom stereocenters. The molecule has 1 aliphatic carbocycles. The van der Waals surface area contributed by atoms with Crippen molar-refractivity contribution < 1.29 is 9.90 Å². The minimum absolute atomic E-state index is 0.111. The number of allylic oxidation sites excluding steroid dienone is 2. The van der Waals surface area contributed by atoms with Crippen molar-refractivity contribution in [2.75, 3.05) is 5.32 Å². The molecule has 5 nitrogen and oxygen atoms in total. The fraction of sp³-hybridized carbons (Fsp3) is 0.0476. The maximum atomic E-state index is 11.1. The zero-order valence-corrected chi connectivity index (χ0v) is 15.7. The van der Waals surface area contributed by atoms with E-state index in [2.05, 4.69) is 32.6 Å². The van der Waals surface area contributed by atoms with E-state index >= 15 is 0 Å². The number of carbonyl (C=O) groups is 1. The highest BCUT2D eigenvalue weighted by atomic mass is 79.9. The molecule has 0 radical (unpaired) electrons. The molecule has 0 saturated heterocycles. The number of halogens is 1. The van der Waals surface area contributed by atoms with Gasteiger partial charge >= 0.3 is 0 Å². The van der Waals surface area contributed by atoms with Crippen LogP contribution in [0.25, 0.3) is 5.70 Å². The lowest BCUT2D eigenvalue weighted by molar-refractivity contribution is -0.255. The second-order valence-electron chi connectivity index (χ2n) is 6.13. The van der Waals surface area contributed by atoms with Gasteiger partial charge in [0.2, 0.25) is 5.96 Å². The lowest BCUT2D eigenvalue weighted by Gasteiger charge is -2.28. The molecule has 2 aromatic rings. The topological polar surface area (TPSA) is 76.5 Å². The van der Waals surface area contributed by atoms with E-state index in [1.807, 2.05) is 42.5 Å². The Morgan fingerprint density at radius 1 is 1.15 bits per heavy atom. The van der Waals surface area contributed by atoms with Crippen LogP contribution in [0.1, 0.15) is 15.9 Å². The zero-order chi connectivity index (χ0) is 18.8. The Labute approximate surface area is 165 Å². The van der Waals surface area contributed by atoms with E-state index in [1.54, 1.807) is 12.1 Å². The first-order chi connectivity index (χ1) is 13.1. The molecule has 27 heavy (non-hydrogen) atoms. The summed E-state index contributed by atoms with van der Waals surface area (Å²) in [4.78, 5) is 15.8. The summed E-state index contributed by atoms with van der Waals surface area (Å²) in [6, 6.07) is 16.3. The third-order valence-corrected chi connectivity index (χ3v) is 4.77. The van der Waals surface area contributed by atoms with E-state index < -0.39 is 5.97 Å². The number of aromatic carboxylic acids is 1. The molecule has 0 aromatic heterocycles. The predicted octanol–water partition coefficient (Wildman–Crippen LogP) is 3.05. The van der Waals surface area contributed by atoms with Gasteiger partial charge in [-0.05, 0) is 35.4 Å². The summed E-state index contributed by atoms with van der Waals surface area (Å²) in [7, 11) is 0. The Morgan fingerprint density at radius 3 is 2.74 bits per heavy atom. The van der Waals surface area contributed by atoms with Crippen molar-refractivity contribution >= 4 is 39.2 Å². The van der Waals surface area contributed by atoms with Gasteiger partial charge in [-0.2, -0.15) is 0 Å². The Balaban J connectivity index is 1.68. The Kier molecular flexibility index (Phi) is 4.64. The standard InChI is InChI=1S/C21H16BrN3O2/c22-15-9-10-18-17(12-15)19(13-5-2-1-3-6-13)25-21(24-18)23-16-8-4-7-14(11-16)20(26)27/h1-12,18H,(H,26,27)(H2,23,24,25)/p-1/t18-/m1/s1. The van der Waals surface area contributed by atoms with Crippen molar-refractivity contribution in [2.45, 2.75) is 6.04 Å². The Hall–Kier alpha value is -3.12. The average molecular weight is 421 g/mol. The number of carbonyl (C=O) groups excluding carboxylic acids is 1. The fourth-order valence-corrected chi connectivity index (χ4v) is 3.43. The molecule has 0 spiro atoms. The number of fused-ring (bicyclic) bond motifs is 1. The van der Waals surface area contributed by atoms with Crippen LogP contribution in [0.15, 0.2) is 87.9 Å². The molecule has 2 N–H and O–H groups in total. The molecule has 1 heterocycles. The highest BCUT2D eigenvalue weighted by Crippen LogP contribution is 2.31. The molecule has 0 bridgehead atoms. The van der Waals surface area contributed by atoms with Crippen LogP contribution >= 0.6 is 15.9 Å². The third kappa shape index (κ3) is 3.71. The van der Waals surface area contributed by atoms with Gasteiger partial charge in [-0.25, -0.2) is 4.99 Å². The highest BCUT2D eigenvalue weighted by molar-refractivity contribution is 9.11. The summed E-state index contributed by atoms with van der Waals surface area (Å²) in [5, 5.41) is 17.6. The Bertz CT molecular complexity index is 1020. The van der Waals surface area contributed by atoms with Crippen molar-refractivity contribution in [3.05, 3.63) is 94.0 Å². The van der Waals surface area contributed by atoms with Gasteiger partial charge < -0.3 is 20.5 Å². The fourth-order valence-electron chi connectivity index (χ4n) is 3.03. The van der Waals surface area contributed by atoms with Crippen LogP contribution in [0, 0.1) is 0 Å². The maximum Gasteiger partial charge on any atom is 0.201 e. The van der Waals surface area contributed by atoms with Gasteiger partial charge in [-0.15, -0.1) is 0 Å². The summed E-state index contributed by atoms with van der Waals surface area (Å²) in [6.45, 7) is 0. The van der Waals surface area contributed by atoms with Gasteiger partial charge in [0, 0.05) is 15.7 Å². The van der Waals surface area contributed by atoms with Crippen molar-refractivity contribution in [1.82, 2.24) is 5.32 Å². The predicted molar refractivity (Wildman–Crippen MR) is 108 cm³/mol. The molecular weight excluding hydrogens is 406 g/mol. The van der Waals surface area contributed by atoms with Crippen LogP contribution < -0.4 is 15.7 Å². The summed E-state index contributed by atoms with van der Waals surface area (Å²) < 4.78 is 0.984. The van der Waals surface area contributed by atoms with Gasteiger partial charge in [0.25, 0.3) is 0 Å². The van der Waals surface area contributed by atoms with E-state index in [1.165, 1.54) is 12.1 Å². The van der Waals surface area contributed by atoms with Crippen LogP contribution in [0.4, 0.5) is 5.69 Å². The molecule has 4 rings (SSSR count). The molecule has 0 fully saturated rings. The van der Waals surface area contributed by atoms with Crippen molar-refractivity contribution in [3.63, 3.8) is 0 Å². The number of benzene rings is 2. The SMILES string of the molecule is O=C([O-])c1cccc(NC2=N[C@@H]3C=CC(Br)=CC3=C(c3ccccc3)N2)c1. The summed E-state index contributed by atoms with van der Waals surface area (Å²) in [5.41, 5.74) is 3.79. The number of rotatable bonds is 3. The van der Waals surface area contributed by atoms with Crippen LogP contribution in [0.3, 0.4) is 0 Å². The lowest BCUT2D eigenvalue weighted by Crippen LogP contribution is -2.36. The number of nitrogens with zero attached hydrogens (tertiary/aromatic N) is 1. The molecule has 1 aliphatic heterocycles. The van der Waals surface area contributed by atoms with Crippen LogP contribution in [0.5, 0.6) is 0 Å². The molecule has 6 heteroatoms. The number of anilines is 1. The largest absolute Gasteiger partial charge is 0.545 e. The smallest absolute Gasteiger partial charge is 0.201 e. The lowest BCUT2D eigenvalue weighted by atomic mass is 9.95. The monoisotopic (exact) mass is 420 g/mol. The third-order valence-electron chi connectivity index (χ3n) is 4.27. The number of hydrogen-bond donors (Lipinski definition) is 2. The van der Waals surface area contributed by atoms with Crippen molar-refractivity contribution in [2.24, 2.45) is 4.99 Å². The molecule has 2 aliphatic rings. The van der Waals surface area contributed by atoms with Gasteiger partial charge in [0.15, 0.2) is 0 Å². The number of carboxylic acid groups (broad SMARTS) is 1. The number of hydrogen-bond acceptors (Lipinski definition) is 5. The van der Waals surface area contributed by atoms with E-state index in [-0.39, 0.29) is 11.6 Å². The van der Waals surface area contributed by atoms with Gasteiger partial charge in [0.1, 0.15) is 0 Å². The average Bonchev–Trinajstić information content (AvgIpc) is 2.68. The minimum Gasteiger partial charge on any atom is -0.545 e. The van der Waals surface area contributed by atoms with E-state index in [0.717, 1.165) is 21.3 Å². The molecule has 0 amide bonds. The summed E-state index contributed by atoms with van der Waals surface area (Å²) in [6.07, 6.45) is 6.04. The number of guanidine groups is 1. The quantitative estimate of drug-likeness (QED) is 0.799. The second-order valence-corrected chi connectivity index (χ2v) is 7.04. The molecule has 0 saturated carbocycles. The van der Waals surface area contributed by atoms with E-state index in [0.29, 0.717) is 11.6 Å². The minimum atomic E-state index is -1.21. The van der Waals surface area contributed by atoms with Gasteiger partial charge in [-0.3, -0.25) is 0 Å². The number of carboxylic acids is 1. The summed E-state index contributed by atoms with van der Waals surface area (Å²) in [5.74, 6) is -0.663. The maximum absolute atomic E-state index is 11.1. The normalized spacial score (nSPS) is 18.2. The van der Waals surface area contributed by atoms with Crippen LogP contribution in [-0.4, -0.2) is 18.0 Å². The van der Waals surface area contributed by atoms with Crippen molar-refractivity contribution in [1.29, 1.82) is 0 Å². The number of aliphatic imine (C=N–C) groups is 1. The zero-order valence-electron chi connectivity index (χ0n) is 14.1. The number of nitrogens with one attached hydrogen (secondary N) is 2. The van der Waals surface area contributed by atoms with Crippen LogP contribution in [0.2, 0.25) is 0 Å². The van der Waals surface area contributed by atoms with Gasteiger partial charge in [0.05, 0.1) is 17.7 Å². The van der Waals surface area contributed by atoms with E-state index in [9.17, 15) is 9.90 Å². The molecular formula is C21H15BrN3O2-. The van der Waals surface area contributed by atoms with Crippen LogP contribution in [-0.2, 0) is 0 Å². The first-order valence-electron chi connectivity index (χ1n) is 8.38. The molecule has 2 aromatic carbocycles. The van der Waals surface area contributed by atoms with Crippen molar-refractivity contribution in [3.8, 4) is 0 Å². The highest BCUT2D eigenvalue weighted by Gasteiger charge is 2.24.